The molecule has 0 atom stereocenters. The summed E-state index contributed by atoms with van der Waals surface area (Å²) in [5.74, 6) is -0.599. The van der Waals surface area contributed by atoms with Crippen molar-refractivity contribution >= 4 is 44.5 Å². The molecule has 4 rings (SSSR count). The van der Waals surface area contributed by atoms with Crippen LogP contribution < -0.4 is 5.43 Å². The van der Waals surface area contributed by atoms with Crippen molar-refractivity contribution in [2.45, 2.75) is 11.3 Å². The van der Waals surface area contributed by atoms with Gasteiger partial charge in [-0.05, 0) is 53.1 Å². The first-order valence-corrected chi connectivity index (χ1v) is 13.0. The molecule has 0 saturated carbocycles. The van der Waals surface area contributed by atoms with Crippen LogP contribution in [-0.4, -0.2) is 43.0 Å². The maximum absolute atomic E-state index is 13.3. The lowest BCUT2D eigenvalue weighted by Crippen LogP contribution is -2.40. The molecule has 0 aromatic heterocycles. The summed E-state index contributed by atoms with van der Waals surface area (Å²) in [5.41, 5.74) is 3.77. The summed E-state index contributed by atoms with van der Waals surface area (Å²) in [7, 11) is -3.97. The molecule has 0 aliphatic heterocycles. The molecule has 9 heteroatoms. The van der Waals surface area contributed by atoms with E-state index in [1.807, 2.05) is 54.6 Å². The number of aromatic hydroxyl groups is 1. The predicted molar refractivity (Wildman–Crippen MR) is 142 cm³/mol. The molecule has 4 aromatic rings. The van der Waals surface area contributed by atoms with E-state index in [1.165, 1.54) is 30.5 Å². The second kappa shape index (κ2) is 11.3. The summed E-state index contributed by atoms with van der Waals surface area (Å²) < 4.78 is 27.8. The molecule has 0 fully saturated rings. The summed E-state index contributed by atoms with van der Waals surface area (Å²) in [5, 5.41) is 16.3. The summed E-state index contributed by atoms with van der Waals surface area (Å²) in [6.07, 6.45) is 1.77. The summed E-state index contributed by atoms with van der Waals surface area (Å²) in [6.45, 7) is -0.340. The molecule has 4 aromatic carbocycles. The van der Waals surface area contributed by atoms with Crippen LogP contribution in [0.4, 0.5) is 0 Å². The number of sulfonamides is 1. The Kier molecular flexibility index (Phi) is 8.00. The third-order valence-corrected chi connectivity index (χ3v) is 7.71. The Morgan fingerprint density at radius 1 is 0.944 bits per heavy atom. The van der Waals surface area contributed by atoms with Crippen molar-refractivity contribution in [1.29, 1.82) is 0 Å². The topological polar surface area (TPSA) is 99.1 Å². The number of carbonyl (C=O) groups excluding carboxylic acids is 1. The van der Waals surface area contributed by atoms with Crippen LogP contribution in [0.5, 0.6) is 5.75 Å². The molecule has 0 spiro atoms. The van der Waals surface area contributed by atoms with Crippen molar-refractivity contribution in [3.63, 3.8) is 0 Å². The molecule has 0 radical (unpaired) electrons. The number of nitrogens with zero attached hydrogens (tertiary/aromatic N) is 2. The molecule has 0 aliphatic rings. The van der Waals surface area contributed by atoms with Crippen molar-refractivity contribution in [2.75, 3.05) is 13.1 Å². The Morgan fingerprint density at radius 3 is 2.39 bits per heavy atom. The number of rotatable bonds is 9. The van der Waals surface area contributed by atoms with Gasteiger partial charge >= 0.3 is 0 Å². The van der Waals surface area contributed by atoms with Crippen LogP contribution in [-0.2, 0) is 21.2 Å². The third-order valence-electron chi connectivity index (χ3n) is 5.59. The Hall–Kier alpha value is -3.72. The summed E-state index contributed by atoms with van der Waals surface area (Å²) in [4.78, 5) is 12.8. The van der Waals surface area contributed by atoms with Crippen LogP contribution in [0.25, 0.3) is 10.8 Å². The van der Waals surface area contributed by atoms with Crippen LogP contribution in [0.1, 0.15) is 11.1 Å². The van der Waals surface area contributed by atoms with Crippen LogP contribution in [0.2, 0.25) is 5.02 Å². The molecule has 2 N–H and O–H groups in total. The average molecular weight is 522 g/mol. The molecule has 0 unspecified atom stereocenters. The second-order valence-electron chi connectivity index (χ2n) is 8.04. The third kappa shape index (κ3) is 6.09. The van der Waals surface area contributed by atoms with Crippen LogP contribution >= 0.6 is 11.6 Å². The zero-order valence-electron chi connectivity index (χ0n) is 19.2. The molecule has 0 heterocycles. The fourth-order valence-electron chi connectivity index (χ4n) is 3.72. The number of halogens is 1. The van der Waals surface area contributed by atoms with Gasteiger partial charge in [-0.15, -0.1) is 0 Å². The van der Waals surface area contributed by atoms with E-state index in [1.54, 1.807) is 12.1 Å². The quantitative estimate of drug-likeness (QED) is 0.249. The van der Waals surface area contributed by atoms with E-state index < -0.39 is 22.5 Å². The van der Waals surface area contributed by atoms with Crippen molar-refractivity contribution in [3.8, 4) is 5.75 Å². The van der Waals surface area contributed by atoms with E-state index in [9.17, 15) is 18.3 Å². The number of phenolic OH excluding ortho intramolecular Hbond substituents is 1. The van der Waals surface area contributed by atoms with Crippen molar-refractivity contribution in [1.82, 2.24) is 9.73 Å². The minimum atomic E-state index is -3.97. The molecule has 0 bridgehead atoms. The first-order valence-electron chi connectivity index (χ1n) is 11.2. The van der Waals surface area contributed by atoms with Crippen LogP contribution in [0.3, 0.4) is 0 Å². The van der Waals surface area contributed by atoms with Crippen LogP contribution in [0.15, 0.2) is 101 Å². The summed E-state index contributed by atoms with van der Waals surface area (Å²) in [6, 6.07) is 26.0. The SMILES string of the molecule is O=C(CN(CCc1ccccc1)S(=O)(=O)c1ccc(Cl)cc1)NN=Cc1c(O)ccc2ccccc12. The van der Waals surface area contributed by atoms with Gasteiger partial charge in [0.1, 0.15) is 5.75 Å². The highest BCUT2D eigenvalue weighted by atomic mass is 35.5. The van der Waals surface area contributed by atoms with E-state index in [-0.39, 0.29) is 17.2 Å². The van der Waals surface area contributed by atoms with E-state index >= 15 is 0 Å². The Balaban J connectivity index is 1.52. The molecular formula is C27H24ClN3O4S. The van der Waals surface area contributed by atoms with E-state index in [0.717, 1.165) is 20.6 Å². The van der Waals surface area contributed by atoms with Crippen molar-refractivity contribution in [3.05, 3.63) is 107 Å². The number of benzene rings is 4. The zero-order valence-corrected chi connectivity index (χ0v) is 20.8. The van der Waals surface area contributed by atoms with Crippen LogP contribution in [0, 0.1) is 0 Å². The fourth-order valence-corrected chi connectivity index (χ4v) is 5.25. The number of fused-ring (bicyclic) bond motifs is 1. The Bertz CT molecular complexity index is 1490. The number of amides is 1. The average Bonchev–Trinajstić information content (AvgIpc) is 2.88. The summed E-state index contributed by atoms with van der Waals surface area (Å²) >= 11 is 5.92. The molecule has 7 nitrogen and oxygen atoms in total. The van der Waals surface area contributed by atoms with Crippen molar-refractivity contribution < 1.29 is 18.3 Å². The molecule has 0 saturated heterocycles. The molecule has 36 heavy (non-hydrogen) atoms. The zero-order chi connectivity index (χ0) is 25.5. The standard InChI is InChI=1S/C27H24ClN3O4S/c28-22-11-13-23(14-12-22)36(34,35)31(17-16-20-6-2-1-3-7-20)19-27(33)30-29-18-25-24-9-5-4-8-21(24)10-15-26(25)32/h1-15,18,32H,16-17,19H2,(H,30,33). The highest BCUT2D eigenvalue weighted by molar-refractivity contribution is 7.89. The Labute approximate surface area is 214 Å². The second-order valence-corrected chi connectivity index (χ2v) is 10.4. The number of nitrogens with one attached hydrogen (secondary N) is 1. The number of hydrogen-bond donors (Lipinski definition) is 2. The van der Waals surface area contributed by atoms with Gasteiger partial charge in [-0.2, -0.15) is 9.41 Å². The number of hydrazone groups is 1. The van der Waals surface area contributed by atoms with Crippen molar-refractivity contribution in [2.24, 2.45) is 5.10 Å². The first kappa shape index (κ1) is 25.4. The smallest absolute Gasteiger partial charge is 0.255 e. The minimum absolute atomic E-state index is 0.0153. The predicted octanol–water partition coefficient (Wildman–Crippen LogP) is 4.58. The van der Waals surface area contributed by atoms with Gasteiger partial charge in [-0.25, -0.2) is 13.8 Å². The minimum Gasteiger partial charge on any atom is -0.507 e. The van der Waals surface area contributed by atoms with Gasteiger partial charge in [0.2, 0.25) is 10.0 Å². The number of hydrogen-bond acceptors (Lipinski definition) is 5. The molecule has 184 valence electrons. The van der Waals surface area contributed by atoms with Gasteiger partial charge < -0.3 is 5.11 Å². The lowest BCUT2D eigenvalue weighted by atomic mass is 10.0. The van der Waals surface area contributed by atoms with Gasteiger partial charge in [0.25, 0.3) is 5.91 Å². The first-order chi connectivity index (χ1) is 17.3. The van der Waals surface area contributed by atoms with E-state index in [2.05, 4.69) is 10.5 Å². The lowest BCUT2D eigenvalue weighted by Gasteiger charge is -2.21. The highest BCUT2D eigenvalue weighted by Gasteiger charge is 2.26. The molecule has 0 aliphatic carbocycles. The van der Waals surface area contributed by atoms with Gasteiger partial charge in [0.05, 0.1) is 17.7 Å². The fraction of sp³-hybridized carbons (Fsp3) is 0.111. The maximum Gasteiger partial charge on any atom is 0.255 e. The number of carbonyl (C=O) groups is 1. The van der Waals surface area contributed by atoms with E-state index in [0.29, 0.717) is 17.0 Å². The normalized spacial score (nSPS) is 11.8. The largest absolute Gasteiger partial charge is 0.507 e. The van der Waals surface area contributed by atoms with E-state index in [4.69, 9.17) is 11.6 Å². The lowest BCUT2D eigenvalue weighted by molar-refractivity contribution is -0.121. The van der Waals surface area contributed by atoms with Gasteiger partial charge in [-0.3, -0.25) is 4.79 Å². The van der Waals surface area contributed by atoms with Gasteiger partial charge in [0.15, 0.2) is 0 Å². The Morgan fingerprint density at radius 2 is 1.64 bits per heavy atom. The number of phenols is 1. The highest BCUT2D eigenvalue weighted by Crippen LogP contribution is 2.25. The van der Waals surface area contributed by atoms with Gasteiger partial charge in [-0.1, -0.05) is 72.3 Å². The monoisotopic (exact) mass is 521 g/mol. The molecule has 1 amide bonds. The van der Waals surface area contributed by atoms with Gasteiger partial charge in [0, 0.05) is 17.1 Å². The maximum atomic E-state index is 13.3. The molecular weight excluding hydrogens is 498 g/mol.